The molecule has 0 N–H and O–H groups in total. The predicted octanol–water partition coefficient (Wildman–Crippen LogP) is 3.63. The molecule has 1 aliphatic rings. The SMILES string of the molecule is COc1cccc(-c2cnc(CCC(=O)N3CCN(c4ccccc4)CC3)o2)c1. The van der Waals surface area contributed by atoms with E-state index in [0.29, 0.717) is 24.5 Å². The van der Waals surface area contributed by atoms with Gasteiger partial charge in [-0.05, 0) is 24.3 Å². The van der Waals surface area contributed by atoms with Crippen LogP contribution in [-0.4, -0.2) is 49.1 Å². The summed E-state index contributed by atoms with van der Waals surface area (Å²) in [6, 6.07) is 18.0. The number of amides is 1. The Kier molecular flexibility index (Phi) is 5.79. The van der Waals surface area contributed by atoms with Gasteiger partial charge in [0.05, 0.1) is 13.3 Å². The maximum absolute atomic E-state index is 12.6. The van der Waals surface area contributed by atoms with Gasteiger partial charge in [-0.1, -0.05) is 30.3 Å². The largest absolute Gasteiger partial charge is 0.497 e. The molecule has 0 unspecified atom stereocenters. The number of aryl methyl sites for hydroxylation is 1. The second kappa shape index (κ2) is 8.82. The zero-order chi connectivity index (χ0) is 20.1. The van der Waals surface area contributed by atoms with Crippen LogP contribution in [0.25, 0.3) is 11.3 Å². The number of para-hydroxylation sites is 1. The molecule has 1 fully saturated rings. The number of carbonyl (C=O) groups is 1. The third-order valence-electron chi connectivity index (χ3n) is 5.21. The number of methoxy groups -OCH3 is 1. The number of hydrogen-bond acceptors (Lipinski definition) is 5. The van der Waals surface area contributed by atoms with Gasteiger partial charge in [-0.2, -0.15) is 0 Å². The molecule has 0 spiro atoms. The van der Waals surface area contributed by atoms with Gasteiger partial charge in [0, 0.05) is 50.3 Å². The number of anilines is 1. The molecule has 29 heavy (non-hydrogen) atoms. The van der Waals surface area contributed by atoms with Crippen molar-refractivity contribution in [2.75, 3.05) is 38.2 Å². The number of aromatic nitrogens is 1. The molecule has 1 aromatic heterocycles. The van der Waals surface area contributed by atoms with E-state index in [-0.39, 0.29) is 5.91 Å². The molecule has 1 saturated heterocycles. The van der Waals surface area contributed by atoms with Crippen molar-refractivity contribution in [1.82, 2.24) is 9.88 Å². The summed E-state index contributed by atoms with van der Waals surface area (Å²) in [4.78, 5) is 21.2. The Morgan fingerprint density at radius 1 is 1.07 bits per heavy atom. The Morgan fingerprint density at radius 2 is 1.86 bits per heavy atom. The van der Waals surface area contributed by atoms with E-state index in [1.165, 1.54) is 5.69 Å². The van der Waals surface area contributed by atoms with E-state index in [4.69, 9.17) is 9.15 Å². The molecular formula is C23H25N3O3. The highest BCUT2D eigenvalue weighted by Gasteiger charge is 2.21. The number of nitrogens with zero attached hydrogens (tertiary/aromatic N) is 3. The number of rotatable bonds is 6. The van der Waals surface area contributed by atoms with Gasteiger partial charge >= 0.3 is 0 Å². The van der Waals surface area contributed by atoms with E-state index in [1.54, 1.807) is 13.3 Å². The summed E-state index contributed by atoms with van der Waals surface area (Å²) >= 11 is 0. The van der Waals surface area contributed by atoms with Crippen molar-refractivity contribution in [3.8, 4) is 17.1 Å². The highest BCUT2D eigenvalue weighted by Crippen LogP contribution is 2.25. The number of piperazine rings is 1. The zero-order valence-electron chi connectivity index (χ0n) is 16.6. The molecule has 0 saturated carbocycles. The summed E-state index contributed by atoms with van der Waals surface area (Å²) in [6.07, 6.45) is 2.61. The van der Waals surface area contributed by atoms with Gasteiger partial charge in [-0.15, -0.1) is 0 Å². The molecule has 0 radical (unpaired) electrons. The first-order valence-corrected chi connectivity index (χ1v) is 9.90. The van der Waals surface area contributed by atoms with Crippen molar-refractivity contribution in [3.05, 3.63) is 66.7 Å². The molecule has 2 aromatic carbocycles. The molecule has 1 amide bonds. The van der Waals surface area contributed by atoms with Gasteiger partial charge in [0.2, 0.25) is 5.91 Å². The molecule has 3 aromatic rings. The molecule has 4 rings (SSSR count). The molecule has 0 aliphatic carbocycles. The third kappa shape index (κ3) is 4.59. The minimum Gasteiger partial charge on any atom is -0.497 e. The van der Waals surface area contributed by atoms with Crippen LogP contribution in [0.4, 0.5) is 5.69 Å². The Balaban J connectivity index is 1.29. The van der Waals surface area contributed by atoms with E-state index in [2.05, 4.69) is 22.0 Å². The quantitative estimate of drug-likeness (QED) is 0.642. The summed E-state index contributed by atoms with van der Waals surface area (Å²) in [7, 11) is 1.64. The predicted molar refractivity (Wildman–Crippen MR) is 112 cm³/mol. The van der Waals surface area contributed by atoms with Crippen molar-refractivity contribution < 1.29 is 13.9 Å². The minimum absolute atomic E-state index is 0.152. The summed E-state index contributed by atoms with van der Waals surface area (Å²) < 4.78 is 11.1. The Labute approximate surface area is 170 Å². The summed E-state index contributed by atoms with van der Waals surface area (Å²) in [5.74, 6) is 2.19. The monoisotopic (exact) mass is 391 g/mol. The average molecular weight is 391 g/mol. The van der Waals surface area contributed by atoms with Crippen molar-refractivity contribution in [3.63, 3.8) is 0 Å². The lowest BCUT2D eigenvalue weighted by molar-refractivity contribution is -0.131. The molecule has 6 heteroatoms. The van der Waals surface area contributed by atoms with Crippen LogP contribution in [0.1, 0.15) is 12.3 Å². The summed E-state index contributed by atoms with van der Waals surface area (Å²) in [5, 5.41) is 0. The number of ether oxygens (including phenoxy) is 1. The normalized spacial score (nSPS) is 14.1. The van der Waals surface area contributed by atoms with Crippen LogP contribution in [-0.2, 0) is 11.2 Å². The maximum Gasteiger partial charge on any atom is 0.223 e. The van der Waals surface area contributed by atoms with Gasteiger partial charge in [-0.25, -0.2) is 4.98 Å². The van der Waals surface area contributed by atoms with Crippen molar-refractivity contribution >= 4 is 11.6 Å². The van der Waals surface area contributed by atoms with Crippen LogP contribution in [0.15, 0.2) is 65.2 Å². The fraction of sp³-hybridized carbons (Fsp3) is 0.304. The fourth-order valence-electron chi connectivity index (χ4n) is 3.56. The van der Waals surface area contributed by atoms with E-state index in [9.17, 15) is 4.79 Å². The third-order valence-corrected chi connectivity index (χ3v) is 5.21. The van der Waals surface area contributed by atoms with Crippen molar-refractivity contribution in [2.45, 2.75) is 12.8 Å². The number of hydrogen-bond donors (Lipinski definition) is 0. The minimum atomic E-state index is 0.152. The Hall–Kier alpha value is -3.28. The summed E-state index contributed by atoms with van der Waals surface area (Å²) in [5.41, 5.74) is 2.12. The van der Waals surface area contributed by atoms with Crippen molar-refractivity contribution in [2.24, 2.45) is 0 Å². The van der Waals surface area contributed by atoms with Gasteiger partial charge in [0.25, 0.3) is 0 Å². The van der Waals surface area contributed by atoms with E-state index < -0.39 is 0 Å². The van der Waals surface area contributed by atoms with Crippen LogP contribution < -0.4 is 9.64 Å². The number of carbonyl (C=O) groups excluding carboxylic acids is 1. The van der Waals surface area contributed by atoms with Crippen LogP contribution >= 0.6 is 0 Å². The standard InChI is InChI=1S/C23H25N3O3/c1-28-20-9-5-6-18(16-20)21-17-24-22(29-21)10-11-23(27)26-14-12-25(13-15-26)19-7-3-2-4-8-19/h2-9,16-17H,10-15H2,1H3. The topological polar surface area (TPSA) is 58.8 Å². The number of oxazole rings is 1. The van der Waals surface area contributed by atoms with Crippen LogP contribution in [0.3, 0.4) is 0 Å². The lowest BCUT2D eigenvalue weighted by Gasteiger charge is -2.36. The van der Waals surface area contributed by atoms with Crippen LogP contribution in [0.5, 0.6) is 5.75 Å². The molecular weight excluding hydrogens is 366 g/mol. The Morgan fingerprint density at radius 3 is 2.62 bits per heavy atom. The maximum atomic E-state index is 12.6. The van der Waals surface area contributed by atoms with Gasteiger partial charge < -0.3 is 19.0 Å². The van der Waals surface area contributed by atoms with E-state index >= 15 is 0 Å². The average Bonchev–Trinajstić information content (AvgIpc) is 3.27. The second-order valence-corrected chi connectivity index (χ2v) is 7.05. The van der Waals surface area contributed by atoms with Gasteiger partial charge in [-0.3, -0.25) is 4.79 Å². The van der Waals surface area contributed by atoms with Crippen LogP contribution in [0.2, 0.25) is 0 Å². The first-order valence-electron chi connectivity index (χ1n) is 9.90. The van der Waals surface area contributed by atoms with Gasteiger partial charge in [0.1, 0.15) is 5.75 Å². The highest BCUT2D eigenvalue weighted by atomic mass is 16.5. The first kappa shape index (κ1) is 19.1. The highest BCUT2D eigenvalue weighted by molar-refractivity contribution is 5.76. The Bertz CT molecular complexity index is 947. The van der Waals surface area contributed by atoms with Gasteiger partial charge in [0.15, 0.2) is 11.7 Å². The zero-order valence-corrected chi connectivity index (χ0v) is 16.6. The number of benzene rings is 2. The summed E-state index contributed by atoms with van der Waals surface area (Å²) in [6.45, 7) is 3.20. The molecule has 1 aliphatic heterocycles. The molecule has 0 bridgehead atoms. The lowest BCUT2D eigenvalue weighted by atomic mass is 10.2. The molecule has 0 atom stereocenters. The molecule has 6 nitrogen and oxygen atoms in total. The first-order chi connectivity index (χ1) is 14.2. The van der Waals surface area contributed by atoms with E-state index in [1.807, 2.05) is 47.4 Å². The second-order valence-electron chi connectivity index (χ2n) is 7.05. The van der Waals surface area contributed by atoms with E-state index in [0.717, 1.165) is 37.5 Å². The fourth-order valence-corrected chi connectivity index (χ4v) is 3.56. The molecule has 2 heterocycles. The van der Waals surface area contributed by atoms with Crippen LogP contribution in [0, 0.1) is 0 Å². The lowest BCUT2D eigenvalue weighted by Crippen LogP contribution is -2.48. The smallest absolute Gasteiger partial charge is 0.223 e. The van der Waals surface area contributed by atoms with Crippen molar-refractivity contribution in [1.29, 1.82) is 0 Å². The molecule has 150 valence electrons.